The molecule has 0 amide bonds. The molecule has 25 heavy (non-hydrogen) atoms. The molecule has 0 aromatic heterocycles. The zero-order chi connectivity index (χ0) is 17.5. The number of aliphatic imine (C=N–C) groups is 1. The number of rotatable bonds is 7. The largest absolute Gasteiger partial charge is 0.357 e. The summed E-state index contributed by atoms with van der Waals surface area (Å²) >= 11 is 0. The summed E-state index contributed by atoms with van der Waals surface area (Å²) in [5.74, 6) is 1.65. The monoisotopic (exact) mass is 349 g/mol. The van der Waals surface area contributed by atoms with E-state index in [0.29, 0.717) is 12.0 Å². The average Bonchev–Trinajstić information content (AvgIpc) is 3.34. The maximum Gasteiger partial charge on any atom is 0.191 e. The molecule has 2 aliphatic heterocycles. The lowest BCUT2D eigenvalue weighted by Crippen LogP contribution is -2.45. The van der Waals surface area contributed by atoms with Gasteiger partial charge in [0.25, 0.3) is 0 Å². The molecule has 0 bridgehead atoms. The average molecular weight is 350 g/mol. The molecule has 144 valence electrons. The molecule has 3 rings (SSSR count). The highest BCUT2D eigenvalue weighted by molar-refractivity contribution is 5.80. The fourth-order valence-electron chi connectivity index (χ4n) is 4.73. The van der Waals surface area contributed by atoms with Crippen molar-refractivity contribution in [2.75, 3.05) is 45.8 Å². The number of nitrogens with zero attached hydrogens (tertiary/aromatic N) is 3. The molecule has 5 heteroatoms. The Morgan fingerprint density at radius 1 is 1.08 bits per heavy atom. The van der Waals surface area contributed by atoms with E-state index >= 15 is 0 Å². The van der Waals surface area contributed by atoms with Gasteiger partial charge in [-0.05, 0) is 58.0 Å². The Balaban J connectivity index is 1.43. The van der Waals surface area contributed by atoms with Crippen molar-refractivity contribution in [3.8, 4) is 0 Å². The van der Waals surface area contributed by atoms with Crippen molar-refractivity contribution < 1.29 is 0 Å². The van der Waals surface area contributed by atoms with Gasteiger partial charge >= 0.3 is 0 Å². The van der Waals surface area contributed by atoms with E-state index in [0.717, 1.165) is 25.1 Å². The van der Waals surface area contributed by atoms with E-state index in [2.05, 4.69) is 34.3 Å². The molecule has 0 aromatic carbocycles. The van der Waals surface area contributed by atoms with Gasteiger partial charge in [0, 0.05) is 44.8 Å². The van der Waals surface area contributed by atoms with E-state index in [9.17, 15) is 0 Å². The predicted octanol–water partition coefficient (Wildman–Crippen LogP) is 2.29. The zero-order valence-corrected chi connectivity index (χ0v) is 16.5. The minimum atomic E-state index is 0.562. The highest BCUT2D eigenvalue weighted by Crippen LogP contribution is 2.26. The van der Waals surface area contributed by atoms with Crippen LogP contribution >= 0.6 is 0 Å². The lowest BCUT2D eigenvalue weighted by molar-refractivity contribution is 0.242. The van der Waals surface area contributed by atoms with Crippen molar-refractivity contribution in [2.45, 2.75) is 70.9 Å². The minimum absolute atomic E-state index is 0.562. The maximum atomic E-state index is 4.89. The number of guanidine groups is 1. The van der Waals surface area contributed by atoms with Gasteiger partial charge in [0.05, 0.1) is 0 Å². The van der Waals surface area contributed by atoms with Crippen LogP contribution in [0, 0.1) is 5.92 Å². The van der Waals surface area contributed by atoms with Gasteiger partial charge in [-0.2, -0.15) is 0 Å². The van der Waals surface area contributed by atoms with Gasteiger partial charge in [-0.25, -0.2) is 0 Å². The first-order valence-electron chi connectivity index (χ1n) is 10.8. The third-order valence-corrected chi connectivity index (χ3v) is 6.08. The lowest BCUT2D eigenvalue weighted by Gasteiger charge is -2.24. The normalized spacial score (nSPS) is 27.9. The highest BCUT2D eigenvalue weighted by atomic mass is 15.3. The van der Waals surface area contributed by atoms with Crippen molar-refractivity contribution in [3.63, 3.8) is 0 Å². The van der Waals surface area contributed by atoms with Crippen LogP contribution in [0.1, 0.15) is 58.8 Å². The molecule has 2 heterocycles. The second-order valence-electron chi connectivity index (χ2n) is 8.40. The van der Waals surface area contributed by atoms with Crippen LogP contribution in [-0.4, -0.2) is 73.7 Å². The molecule has 5 nitrogen and oxygen atoms in total. The van der Waals surface area contributed by atoms with E-state index in [1.165, 1.54) is 77.7 Å². The van der Waals surface area contributed by atoms with Gasteiger partial charge in [0.2, 0.25) is 0 Å². The Bertz CT molecular complexity index is 412. The third-order valence-electron chi connectivity index (χ3n) is 6.08. The van der Waals surface area contributed by atoms with E-state index in [1.54, 1.807) is 0 Å². The summed E-state index contributed by atoms with van der Waals surface area (Å²) < 4.78 is 0. The van der Waals surface area contributed by atoms with Crippen molar-refractivity contribution >= 4 is 5.96 Å². The number of hydrogen-bond acceptors (Lipinski definition) is 3. The van der Waals surface area contributed by atoms with Gasteiger partial charge in [-0.3, -0.25) is 9.89 Å². The van der Waals surface area contributed by atoms with Gasteiger partial charge < -0.3 is 15.5 Å². The van der Waals surface area contributed by atoms with E-state index < -0.39 is 0 Å². The van der Waals surface area contributed by atoms with Crippen molar-refractivity contribution in [1.82, 2.24) is 20.4 Å². The Kier molecular flexibility index (Phi) is 7.41. The number of hydrogen-bond donors (Lipinski definition) is 2. The smallest absolute Gasteiger partial charge is 0.191 e. The summed E-state index contributed by atoms with van der Waals surface area (Å²) in [6.45, 7) is 12.6. The fraction of sp³-hybridized carbons (Fsp3) is 0.950. The molecular formula is C20H39N5. The zero-order valence-electron chi connectivity index (χ0n) is 16.5. The molecule has 2 unspecified atom stereocenters. The molecule has 1 aliphatic carbocycles. The van der Waals surface area contributed by atoms with Crippen molar-refractivity contribution in [2.24, 2.45) is 10.9 Å². The number of nitrogens with one attached hydrogen (secondary N) is 2. The molecule has 1 saturated carbocycles. The maximum absolute atomic E-state index is 4.89. The summed E-state index contributed by atoms with van der Waals surface area (Å²) in [4.78, 5) is 10.2. The topological polar surface area (TPSA) is 42.9 Å². The molecule has 3 aliphatic rings. The van der Waals surface area contributed by atoms with Crippen LogP contribution in [0.3, 0.4) is 0 Å². The quantitative estimate of drug-likeness (QED) is 0.547. The van der Waals surface area contributed by atoms with Crippen LogP contribution in [0.15, 0.2) is 4.99 Å². The Morgan fingerprint density at radius 3 is 2.56 bits per heavy atom. The highest BCUT2D eigenvalue weighted by Gasteiger charge is 2.30. The van der Waals surface area contributed by atoms with Crippen LogP contribution in [0.5, 0.6) is 0 Å². The summed E-state index contributed by atoms with van der Waals surface area (Å²) in [6.07, 6.45) is 9.68. The van der Waals surface area contributed by atoms with Crippen LogP contribution < -0.4 is 10.6 Å². The summed E-state index contributed by atoms with van der Waals surface area (Å²) in [6, 6.07) is 1.42. The molecule has 2 atom stereocenters. The second-order valence-corrected chi connectivity index (χ2v) is 8.40. The van der Waals surface area contributed by atoms with E-state index in [-0.39, 0.29) is 0 Å². The fourth-order valence-corrected chi connectivity index (χ4v) is 4.73. The second kappa shape index (κ2) is 9.77. The number of likely N-dealkylation sites (tertiary alicyclic amines) is 2. The molecule has 3 fully saturated rings. The Hall–Kier alpha value is -0.810. The lowest BCUT2D eigenvalue weighted by atomic mass is 10.2. The van der Waals surface area contributed by atoms with Crippen molar-refractivity contribution in [1.29, 1.82) is 0 Å². The van der Waals surface area contributed by atoms with Gasteiger partial charge in [0.1, 0.15) is 0 Å². The van der Waals surface area contributed by atoms with Crippen LogP contribution in [0.4, 0.5) is 0 Å². The molecular weight excluding hydrogens is 310 g/mol. The molecule has 0 spiro atoms. The molecule has 2 N–H and O–H groups in total. The standard InChI is InChI=1S/C20H39N5/c1-3-21-20(22-14-17(2)15-24-11-6-7-12-24)23-18-10-13-25(16-18)19-8-4-5-9-19/h17-19H,3-16H2,1-2H3,(H2,21,22,23). The minimum Gasteiger partial charge on any atom is -0.357 e. The van der Waals surface area contributed by atoms with Crippen molar-refractivity contribution in [3.05, 3.63) is 0 Å². The van der Waals surface area contributed by atoms with Gasteiger partial charge in [-0.1, -0.05) is 19.8 Å². The molecule has 2 saturated heterocycles. The van der Waals surface area contributed by atoms with Crippen LogP contribution in [0.2, 0.25) is 0 Å². The van der Waals surface area contributed by atoms with Crippen LogP contribution in [0.25, 0.3) is 0 Å². The summed E-state index contributed by atoms with van der Waals surface area (Å²) in [5.41, 5.74) is 0. The van der Waals surface area contributed by atoms with E-state index in [1.807, 2.05) is 0 Å². The summed E-state index contributed by atoms with van der Waals surface area (Å²) in [7, 11) is 0. The van der Waals surface area contributed by atoms with E-state index in [4.69, 9.17) is 4.99 Å². The van der Waals surface area contributed by atoms with Gasteiger partial charge in [-0.15, -0.1) is 0 Å². The molecule has 0 aromatic rings. The van der Waals surface area contributed by atoms with Crippen LogP contribution in [-0.2, 0) is 0 Å². The first kappa shape index (κ1) is 19.0. The SMILES string of the molecule is CCNC(=NCC(C)CN1CCCC1)NC1CCN(C2CCCC2)C1. The Labute approximate surface area is 154 Å². The first-order chi connectivity index (χ1) is 12.2. The molecule has 0 radical (unpaired) electrons. The first-order valence-corrected chi connectivity index (χ1v) is 10.8. The third kappa shape index (κ3) is 5.85. The predicted molar refractivity (Wildman–Crippen MR) is 106 cm³/mol. The summed E-state index contributed by atoms with van der Waals surface area (Å²) in [5, 5.41) is 7.15. The Morgan fingerprint density at radius 2 is 1.84 bits per heavy atom. The van der Waals surface area contributed by atoms with Gasteiger partial charge in [0.15, 0.2) is 5.96 Å².